The van der Waals surface area contributed by atoms with Crippen LogP contribution in [0, 0.1) is 0 Å². The largest absolute Gasteiger partial charge is 0.369 e. The minimum absolute atomic E-state index is 0.743. The number of fused-ring (bicyclic) bond motifs is 1. The van der Waals surface area contributed by atoms with Crippen LogP contribution in [-0.2, 0) is 0 Å². The Kier molecular flexibility index (Phi) is 3.97. The van der Waals surface area contributed by atoms with Crippen molar-refractivity contribution in [1.29, 1.82) is 0 Å². The van der Waals surface area contributed by atoms with Crippen LogP contribution in [0.2, 0.25) is 0 Å². The predicted molar refractivity (Wildman–Crippen MR) is 77.3 cm³/mol. The molecule has 0 aliphatic rings. The number of nitrogens with one attached hydrogen (secondary N) is 1. The van der Waals surface area contributed by atoms with Crippen LogP contribution in [-0.4, -0.2) is 30.6 Å². The van der Waals surface area contributed by atoms with E-state index in [2.05, 4.69) is 28.3 Å². The van der Waals surface area contributed by atoms with Crippen molar-refractivity contribution in [2.24, 2.45) is 0 Å². The van der Waals surface area contributed by atoms with Crippen molar-refractivity contribution in [2.45, 2.75) is 19.8 Å². The Balaban J connectivity index is 2.40. The SMILES string of the molecule is CCCCNc1nc(N(C)C)nc2ccccc12. The van der Waals surface area contributed by atoms with E-state index in [1.165, 1.54) is 6.42 Å². The summed E-state index contributed by atoms with van der Waals surface area (Å²) >= 11 is 0. The van der Waals surface area contributed by atoms with E-state index in [4.69, 9.17) is 0 Å². The normalized spacial score (nSPS) is 10.6. The molecule has 0 aliphatic heterocycles. The number of para-hydroxylation sites is 1. The second-order valence-corrected chi connectivity index (χ2v) is 4.56. The monoisotopic (exact) mass is 244 g/mol. The van der Waals surface area contributed by atoms with Crippen LogP contribution in [0.15, 0.2) is 24.3 Å². The number of anilines is 2. The number of unbranched alkanes of at least 4 members (excludes halogenated alkanes) is 1. The third-order valence-electron chi connectivity index (χ3n) is 2.81. The Labute approximate surface area is 108 Å². The van der Waals surface area contributed by atoms with Gasteiger partial charge >= 0.3 is 0 Å². The molecule has 1 heterocycles. The van der Waals surface area contributed by atoms with Crippen LogP contribution in [0.4, 0.5) is 11.8 Å². The highest BCUT2D eigenvalue weighted by molar-refractivity contribution is 5.90. The van der Waals surface area contributed by atoms with Crippen LogP contribution in [0.1, 0.15) is 19.8 Å². The summed E-state index contributed by atoms with van der Waals surface area (Å²) in [5.41, 5.74) is 0.982. The van der Waals surface area contributed by atoms with E-state index < -0.39 is 0 Å². The summed E-state index contributed by atoms with van der Waals surface area (Å²) in [6.45, 7) is 3.13. The molecule has 18 heavy (non-hydrogen) atoms. The van der Waals surface area contributed by atoms with E-state index >= 15 is 0 Å². The molecule has 1 N–H and O–H groups in total. The van der Waals surface area contributed by atoms with Crippen molar-refractivity contribution in [3.63, 3.8) is 0 Å². The van der Waals surface area contributed by atoms with Gasteiger partial charge in [0.2, 0.25) is 5.95 Å². The summed E-state index contributed by atoms with van der Waals surface area (Å²) in [6, 6.07) is 8.11. The first-order valence-corrected chi connectivity index (χ1v) is 6.40. The Hall–Kier alpha value is -1.84. The smallest absolute Gasteiger partial charge is 0.227 e. The predicted octanol–water partition coefficient (Wildman–Crippen LogP) is 2.91. The first-order valence-electron chi connectivity index (χ1n) is 6.40. The van der Waals surface area contributed by atoms with Crippen molar-refractivity contribution < 1.29 is 0 Å². The fourth-order valence-electron chi connectivity index (χ4n) is 1.78. The molecule has 96 valence electrons. The summed E-state index contributed by atoms with van der Waals surface area (Å²) < 4.78 is 0. The number of nitrogens with zero attached hydrogens (tertiary/aromatic N) is 3. The third kappa shape index (κ3) is 2.70. The number of aromatic nitrogens is 2. The average Bonchev–Trinajstić information content (AvgIpc) is 2.38. The standard InChI is InChI=1S/C14H20N4/c1-4-5-10-15-13-11-8-6-7-9-12(11)16-14(17-13)18(2)3/h6-9H,4-5,10H2,1-3H3,(H,15,16,17). The number of hydrogen-bond donors (Lipinski definition) is 1. The van der Waals surface area contributed by atoms with E-state index in [1.807, 2.05) is 37.2 Å². The highest BCUT2D eigenvalue weighted by atomic mass is 15.2. The van der Waals surface area contributed by atoms with Crippen LogP contribution < -0.4 is 10.2 Å². The molecule has 0 spiro atoms. The molecule has 4 nitrogen and oxygen atoms in total. The highest BCUT2D eigenvalue weighted by Gasteiger charge is 2.07. The molecule has 0 atom stereocenters. The summed E-state index contributed by atoms with van der Waals surface area (Å²) in [7, 11) is 3.92. The lowest BCUT2D eigenvalue weighted by molar-refractivity contribution is 0.831. The maximum atomic E-state index is 4.58. The molecule has 0 bridgehead atoms. The van der Waals surface area contributed by atoms with E-state index in [0.29, 0.717) is 0 Å². The molecule has 0 amide bonds. The van der Waals surface area contributed by atoms with E-state index in [9.17, 15) is 0 Å². The van der Waals surface area contributed by atoms with Crippen molar-refractivity contribution in [1.82, 2.24) is 9.97 Å². The molecule has 1 aromatic carbocycles. The van der Waals surface area contributed by atoms with Gasteiger partial charge in [0.25, 0.3) is 0 Å². The second kappa shape index (κ2) is 5.67. The van der Waals surface area contributed by atoms with Crippen molar-refractivity contribution in [3.05, 3.63) is 24.3 Å². The minimum atomic E-state index is 0.743. The van der Waals surface area contributed by atoms with Gasteiger partial charge < -0.3 is 10.2 Å². The second-order valence-electron chi connectivity index (χ2n) is 4.56. The molecule has 0 radical (unpaired) electrons. The van der Waals surface area contributed by atoms with Gasteiger partial charge in [-0.3, -0.25) is 0 Å². The molecule has 2 aromatic rings. The van der Waals surface area contributed by atoms with Gasteiger partial charge in [-0.15, -0.1) is 0 Å². The average molecular weight is 244 g/mol. The molecule has 0 saturated heterocycles. The van der Waals surface area contributed by atoms with Crippen molar-refractivity contribution >= 4 is 22.7 Å². The zero-order chi connectivity index (χ0) is 13.0. The molecular weight excluding hydrogens is 224 g/mol. The lowest BCUT2D eigenvalue weighted by Gasteiger charge is -2.14. The Morgan fingerprint density at radius 2 is 1.94 bits per heavy atom. The number of rotatable bonds is 5. The van der Waals surface area contributed by atoms with E-state index in [0.717, 1.165) is 35.6 Å². The molecule has 0 fully saturated rings. The third-order valence-corrected chi connectivity index (χ3v) is 2.81. The quantitative estimate of drug-likeness (QED) is 0.821. The molecule has 0 saturated carbocycles. The highest BCUT2D eigenvalue weighted by Crippen LogP contribution is 2.22. The van der Waals surface area contributed by atoms with Crippen LogP contribution in [0.25, 0.3) is 10.9 Å². The topological polar surface area (TPSA) is 41.1 Å². The molecular formula is C14H20N4. The fourth-order valence-corrected chi connectivity index (χ4v) is 1.78. The first-order chi connectivity index (χ1) is 8.72. The van der Waals surface area contributed by atoms with Crippen LogP contribution in [0.3, 0.4) is 0 Å². The van der Waals surface area contributed by atoms with Crippen LogP contribution in [0.5, 0.6) is 0 Å². The summed E-state index contributed by atoms with van der Waals surface area (Å²) in [5.74, 6) is 1.67. The van der Waals surface area contributed by atoms with Gasteiger partial charge in [0.15, 0.2) is 0 Å². The molecule has 0 aliphatic carbocycles. The van der Waals surface area contributed by atoms with Gasteiger partial charge in [0.05, 0.1) is 5.52 Å². The zero-order valence-electron chi connectivity index (χ0n) is 11.3. The molecule has 4 heteroatoms. The van der Waals surface area contributed by atoms with Crippen LogP contribution >= 0.6 is 0 Å². The van der Waals surface area contributed by atoms with Gasteiger partial charge in [-0.2, -0.15) is 4.98 Å². The molecule has 2 rings (SSSR count). The Bertz CT molecular complexity index is 522. The number of hydrogen-bond acceptors (Lipinski definition) is 4. The Morgan fingerprint density at radius 3 is 2.67 bits per heavy atom. The maximum Gasteiger partial charge on any atom is 0.227 e. The maximum absolute atomic E-state index is 4.58. The zero-order valence-corrected chi connectivity index (χ0v) is 11.3. The van der Waals surface area contributed by atoms with Gasteiger partial charge in [0.1, 0.15) is 5.82 Å². The van der Waals surface area contributed by atoms with Gasteiger partial charge in [-0.25, -0.2) is 4.98 Å². The lowest BCUT2D eigenvalue weighted by Crippen LogP contribution is -2.14. The molecule has 0 unspecified atom stereocenters. The first kappa shape index (κ1) is 12.6. The van der Waals surface area contributed by atoms with Gasteiger partial charge in [-0.1, -0.05) is 25.5 Å². The lowest BCUT2D eigenvalue weighted by atomic mass is 10.2. The van der Waals surface area contributed by atoms with Crippen molar-refractivity contribution in [2.75, 3.05) is 30.9 Å². The summed E-state index contributed by atoms with van der Waals surface area (Å²) in [6.07, 6.45) is 2.33. The number of benzene rings is 1. The Morgan fingerprint density at radius 1 is 1.17 bits per heavy atom. The summed E-state index contributed by atoms with van der Waals surface area (Å²) in [5, 5.41) is 4.49. The minimum Gasteiger partial charge on any atom is -0.369 e. The van der Waals surface area contributed by atoms with Crippen molar-refractivity contribution in [3.8, 4) is 0 Å². The van der Waals surface area contributed by atoms with Gasteiger partial charge in [-0.05, 0) is 18.6 Å². The van der Waals surface area contributed by atoms with E-state index in [1.54, 1.807) is 0 Å². The summed E-state index contributed by atoms with van der Waals surface area (Å²) in [4.78, 5) is 11.0. The molecule has 1 aromatic heterocycles. The van der Waals surface area contributed by atoms with Gasteiger partial charge in [0, 0.05) is 26.0 Å². The van der Waals surface area contributed by atoms with E-state index in [-0.39, 0.29) is 0 Å². The fraction of sp³-hybridized carbons (Fsp3) is 0.429.